The van der Waals surface area contributed by atoms with Crippen molar-refractivity contribution >= 4 is 27.3 Å². The number of anilines is 2. The van der Waals surface area contributed by atoms with E-state index in [4.69, 9.17) is 4.74 Å². The van der Waals surface area contributed by atoms with Crippen molar-refractivity contribution in [3.63, 3.8) is 0 Å². The number of aryl methyl sites for hydroxylation is 1. The Balaban J connectivity index is 2.38. The highest BCUT2D eigenvalue weighted by Crippen LogP contribution is 2.26. The van der Waals surface area contributed by atoms with Gasteiger partial charge in [0.25, 0.3) is 0 Å². The van der Waals surface area contributed by atoms with Crippen molar-refractivity contribution in [3.8, 4) is 5.75 Å². The largest absolute Gasteiger partial charge is 0.497 e. The molecule has 0 aromatic heterocycles. The number of hydrogen-bond donors (Lipinski definition) is 1. The molecule has 0 saturated carbocycles. The number of methoxy groups -OCH3 is 1. The second-order valence-corrected chi connectivity index (χ2v) is 8.04. The first-order valence-corrected chi connectivity index (χ1v) is 10.7. The van der Waals surface area contributed by atoms with E-state index in [0.29, 0.717) is 23.5 Å². The van der Waals surface area contributed by atoms with Gasteiger partial charge in [0.1, 0.15) is 11.8 Å². The number of ether oxygens (including phenoxy) is 1. The van der Waals surface area contributed by atoms with Crippen molar-refractivity contribution in [2.24, 2.45) is 0 Å². The highest BCUT2D eigenvalue weighted by molar-refractivity contribution is 7.92. The molecule has 146 valence electrons. The van der Waals surface area contributed by atoms with Crippen LogP contribution in [0.25, 0.3) is 0 Å². The van der Waals surface area contributed by atoms with Gasteiger partial charge in [-0.15, -0.1) is 0 Å². The van der Waals surface area contributed by atoms with Crippen LogP contribution in [0.3, 0.4) is 0 Å². The molecule has 0 radical (unpaired) electrons. The van der Waals surface area contributed by atoms with Gasteiger partial charge >= 0.3 is 0 Å². The molecule has 0 aliphatic heterocycles. The maximum absolute atomic E-state index is 13.0. The molecule has 7 heteroatoms. The molecule has 6 nitrogen and oxygen atoms in total. The third-order valence-corrected chi connectivity index (χ3v) is 5.49. The second kappa shape index (κ2) is 8.90. The van der Waals surface area contributed by atoms with Crippen LogP contribution < -0.4 is 14.4 Å². The minimum atomic E-state index is -3.67. The van der Waals surface area contributed by atoms with Gasteiger partial charge in [-0.05, 0) is 48.7 Å². The molecule has 0 spiro atoms. The molecule has 0 fully saturated rings. The number of para-hydroxylation sites is 1. The van der Waals surface area contributed by atoms with E-state index in [2.05, 4.69) is 5.32 Å². The summed E-state index contributed by atoms with van der Waals surface area (Å²) >= 11 is 0. The van der Waals surface area contributed by atoms with Gasteiger partial charge in [0.2, 0.25) is 15.9 Å². The standard InChI is InChI=1S/C20H26N2O4S/c1-5-15-9-7-8-10-18(15)21-20(23)19(6-2)22(27(4,24)25)16-11-13-17(26-3)14-12-16/h7-14,19H,5-6H2,1-4H3,(H,21,23)/t19-/m1/s1. The van der Waals surface area contributed by atoms with Crippen LogP contribution in [0.1, 0.15) is 25.8 Å². The van der Waals surface area contributed by atoms with Crippen LogP contribution in [-0.2, 0) is 21.2 Å². The summed E-state index contributed by atoms with van der Waals surface area (Å²) in [5.74, 6) is 0.251. The first kappa shape index (κ1) is 20.8. The quantitative estimate of drug-likeness (QED) is 0.749. The Hall–Kier alpha value is -2.54. The fourth-order valence-corrected chi connectivity index (χ4v) is 4.17. The van der Waals surface area contributed by atoms with Crippen molar-refractivity contribution < 1.29 is 17.9 Å². The minimum Gasteiger partial charge on any atom is -0.497 e. The Kier molecular flexibility index (Phi) is 6.85. The first-order valence-electron chi connectivity index (χ1n) is 8.84. The summed E-state index contributed by atoms with van der Waals surface area (Å²) in [6.45, 7) is 3.79. The van der Waals surface area contributed by atoms with E-state index >= 15 is 0 Å². The molecule has 0 aliphatic carbocycles. The third-order valence-electron chi connectivity index (χ3n) is 4.31. The van der Waals surface area contributed by atoms with Crippen molar-refractivity contribution in [2.75, 3.05) is 23.0 Å². The Labute approximate surface area is 161 Å². The molecule has 1 atom stereocenters. The lowest BCUT2D eigenvalue weighted by Gasteiger charge is -2.30. The summed E-state index contributed by atoms with van der Waals surface area (Å²) in [4.78, 5) is 13.0. The molecule has 1 amide bonds. The monoisotopic (exact) mass is 390 g/mol. The van der Waals surface area contributed by atoms with Crippen LogP contribution in [0.5, 0.6) is 5.75 Å². The number of benzene rings is 2. The number of rotatable bonds is 8. The van der Waals surface area contributed by atoms with Crippen LogP contribution >= 0.6 is 0 Å². The molecule has 2 aromatic rings. The average Bonchev–Trinajstić information content (AvgIpc) is 2.65. The molecule has 0 heterocycles. The smallest absolute Gasteiger partial charge is 0.248 e. The van der Waals surface area contributed by atoms with E-state index < -0.39 is 16.1 Å². The minimum absolute atomic E-state index is 0.333. The second-order valence-electron chi connectivity index (χ2n) is 6.18. The zero-order valence-electron chi connectivity index (χ0n) is 16.1. The van der Waals surface area contributed by atoms with Crippen LogP contribution in [0, 0.1) is 0 Å². The molecule has 0 unspecified atom stereocenters. The maximum Gasteiger partial charge on any atom is 0.248 e. The highest BCUT2D eigenvalue weighted by Gasteiger charge is 2.31. The van der Waals surface area contributed by atoms with E-state index in [1.807, 2.05) is 31.2 Å². The SMILES string of the molecule is CCc1ccccc1NC(=O)[C@@H](CC)N(c1ccc(OC)cc1)S(C)(=O)=O. The molecule has 2 aromatic carbocycles. The molecule has 27 heavy (non-hydrogen) atoms. The summed E-state index contributed by atoms with van der Waals surface area (Å²) in [5.41, 5.74) is 2.12. The zero-order valence-corrected chi connectivity index (χ0v) is 16.9. The van der Waals surface area contributed by atoms with E-state index in [1.165, 1.54) is 7.11 Å². The Morgan fingerprint density at radius 3 is 2.26 bits per heavy atom. The van der Waals surface area contributed by atoms with Crippen molar-refractivity contribution in [2.45, 2.75) is 32.7 Å². The molecule has 2 rings (SSSR count). The van der Waals surface area contributed by atoms with E-state index in [0.717, 1.165) is 22.5 Å². The summed E-state index contributed by atoms with van der Waals surface area (Å²) in [6.07, 6.45) is 2.20. The Morgan fingerprint density at radius 2 is 1.74 bits per heavy atom. The van der Waals surface area contributed by atoms with Gasteiger partial charge in [-0.3, -0.25) is 9.10 Å². The van der Waals surface area contributed by atoms with Gasteiger partial charge in [0, 0.05) is 5.69 Å². The number of nitrogens with zero attached hydrogens (tertiary/aromatic N) is 1. The van der Waals surface area contributed by atoms with Gasteiger partial charge in [0.05, 0.1) is 19.1 Å². The molecule has 0 saturated heterocycles. The van der Waals surface area contributed by atoms with Gasteiger partial charge < -0.3 is 10.1 Å². The van der Waals surface area contributed by atoms with Crippen LogP contribution in [-0.4, -0.2) is 33.7 Å². The number of carbonyl (C=O) groups is 1. The lowest BCUT2D eigenvalue weighted by molar-refractivity contribution is -0.117. The van der Waals surface area contributed by atoms with E-state index in [-0.39, 0.29) is 5.91 Å². The van der Waals surface area contributed by atoms with E-state index in [9.17, 15) is 13.2 Å². The van der Waals surface area contributed by atoms with Crippen LogP contribution in [0.15, 0.2) is 48.5 Å². The normalized spacial score (nSPS) is 12.3. The van der Waals surface area contributed by atoms with Crippen molar-refractivity contribution in [1.82, 2.24) is 0 Å². The Bertz CT molecular complexity index is 879. The van der Waals surface area contributed by atoms with Crippen LogP contribution in [0.2, 0.25) is 0 Å². The Morgan fingerprint density at radius 1 is 1.11 bits per heavy atom. The summed E-state index contributed by atoms with van der Waals surface area (Å²) in [7, 11) is -2.13. The van der Waals surface area contributed by atoms with Gasteiger partial charge in [-0.2, -0.15) is 0 Å². The molecular formula is C20H26N2O4S. The van der Waals surface area contributed by atoms with Crippen molar-refractivity contribution in [3.05, 3.63) is 54.1 Å². The maximum atomic E-state index is 13.0. The van der Waals surface area contributed by atoms with E-state index in [1.54, 1.807) is 31.2 Å². The topological polar surface area (TPSA) is 75.7 Å². The molecule has 1 N–H and O–H groups in total. The number of carbonyl (C=O) groups excluding carboxylic acids is 1. The fourth-order valence-electron chi connectivity index (χ4n) is 2.96. The van der Waals surface area contributed by atoms with Crippen LogP contribution in [0.4, 0.5) is 11.4 Å². The predicted molar refractivity (Wildman–Crippen MR) is 109 cm³/mol. The fraction of sp³-hybridized carbons (Fsp3) is 0.350. The summed E-state index contributed by atoms with van der Waals surface area (Å²) in [5, 5.41) is 2.89. The third kappa shape index (κ3) is 5.01. The lowest BCUT2D eigenvalue weighted by atomic mass is 10.1. The summed E-state index contributed by atoms with van der Waals surface area (Å²) in [6, 6.07) is 13.3. The predicted octanol–water partition coefficient (Wildman–Crippen LogP) is 3.44. The zero-order chi connectivity index (χ0) is 20.0. The van der Waals surface area contributed by atoms with Crippen molar-refractivity contribution in [1.29, 1.82) is 0 Å². The van der Waals surface area contributed by atoms with Gasteiger partial charge in [-0.25, -0.2) is 8.42 Å². The van der Waals surface area contributed by atoms with Gasteiger partial charge in [0.15, 0.2) is 0 Å². The summed E-state index contributed by atoms with van der Waals surface area (Å²) < 4.78 is 31.3. The number of hydrogen-bond acceptors (Lipinski definition) is 4. The molecular weight excluding hydrogens is 364 g/mol. The van der Waals surface area contributed by atoms with Gasteiger partial charge in [-0.1, -0.05) is 32.0 Å². The first-order chi connectivity index (χ1) is 12.8. The highest BCUT2D eigenvalue weighted by atomic mass is 32.2. The number of sulfonamides is 1. The number of amides is 1. The average molecular weight is 391 g/mol. The number of nitrogens with one attached hydrogen (secondary N) is 1. The lowest BCUT2D eigenvalue weighted by Crippen LogP contribution is -2.47. The molecule has 0 bridgehead atoms. The molecule has 0 aliphatic rings.